The van der Waals surface area contributed by atoms with Crippen molar-refractivity contribution in [3.63, 3.8) is 0 Å². The number of nitrogens with zero attached hydrogens (tertiary/aromatic N) is 1. The third-order valence-corrected chi connectivity index (χ3v) is 2.50. The fourth-order valence-corrected chi connectivity index (χ4v) is 1.47. The molecule has 2 N–H and O–H groups in total. The second-order valence-corrected chi connectivity index (χ2v) is 5.37. The van der Waals surface area contributed by atoms with Gasteiger partial charge in [0.25, 0.3) is 0 Å². The van der Waals surface area contributed by atoms with E-state index in [1.807, 2.05) is 0 Å². The van der Waals surface area contributed by atoms with E-state index in [1.54, 1.807) is 12.1 Å². The second-order valence-electron chi connectivity index (χ2n) is 5.37. The Balaban J connectivity index is 2.72. The molecule has 1 atom stereocenters. The summed E-state index contributed by atoms with van der Waals surface area (Å²) in [6.07, 6.45) is 0.737. The highest BCUT2D eigenvalue weighted by atomic mass is 16.4. The van der Waals surface area contributed by atoms with Crippen LogP contribution in [0, 0.1) is 5.41 Å². The molecule has 0 aliphatic carbocycles. The van der Waals surface area contributed by atoms with Gasteiger partial charge in [0.1, 0.15) is 5.69 Å². The summed E-state index contributed by atoms with van der Waals surface area (Å²) in [4.78, 5) is 14.7. The summed E-state index contributed by atoms with van der Waals surface area (Å²) in [5.41, 5.74) is 0.539. The van der Waals surface area contributed by atoms with E-state index in [0.29, 0.717) is 12.1 Å². The van der Waals surface area contributed by atoms with Gasteiger partial charge >= 0.3 is 5.97 Å². The van der Waals surface area contributed by atoms with Crippen LogP contribution in [0.5, 0.6) is 0 Å². The van der Waals surface area contributed by atoms with E-state index in [2.05, 4.69) is 25.8 Å². The molecule has 1 heterocycles. The molecule has 0 radical (unpaired) electrons. The quantitative estimate of drug-likeness (QED) is 0.844. The summed E-state index contributed by atoms with van der Waals surface area (Å²) in [7, 11) is 0. The standard InChI is InChI=1S/C13H19NO3/c1-13(2,3)8-7-11(15)9-5-4-6-10(14-9)12(16)17/h4-6,11,15H,7-8H2,1-3H3,(H,16,17)/t11-/m0/s1. The van der Waals surface area contributed by atoms with Crippen LogP contribution in [0.2, 0.25) is 0 Å². The van der Waals surface area contributed by atoms with Crippen molar-refractivity contribution in [2.24, 2.45) is 5.41 Å². The van der Waals surface area contributed by atoms with Crippen LogP contribution in [0.4, 0.5) is 0 Å². The van der Waals surface area contributed by atoms with Crippen LogP contribution < -0.4 is 0 Å². The monoisotopic (exact) mass is 237 g/mol. The minimum absolute atomic E-state index is 0.0303. The first-order chi connectivity index (χ1) is 7.79. The highest BCUT2D eigenvalue weighted by molar-refractivity contribution is 5.85. The lowest BCUT2D eigenvalue weighted by atomic mass is 9.89. The molecule has 0 aliphatic heterocycles. The van der Waals surface area contributed by atoms with Crippen molar-refractivity contribution in [2.75, 3.05) is 0 Å². The van der Waals surface area contributed by atoms with Gasteiger partial charge in [-0.25, -0.2) is 9.78 Å². The van der Waals surface area contributed by atoms with E-state index < -0.39 is 12.1 Å². The Hall–Kier alpha value is -1.42. The van der Waals surface area contributed by atoms with Gasteiger partial charge in [-0.1, -0.05) is 26.8 Å². The molecule has 17 heavy (non-hydrogen) atoms. The van der Waals surface area contributed by atoms with Gasteiger partial charge in [0.05, 0.1) is 11.8 Å². The zero-order valence-electron chi connectivity index (χ0n) is 10.5. The number of carboxylic acid groups (broad SMARTS) is 1. The van der Waals surface area contributed by atoms with E-state index in [4.69, 9.17) is 5.11 Å². The maximum Gasteiger partial charge on any atom is 0.354 e. The first-order valence-electron chi connectivity index (χ1n) is 5.68. The lowest BCUT2D eigenvalue weighted by Gasteiger charge is -2.20. The molecule has 0 aromatic carbocycles. The Morgan fingerprint density at radius 2 is 2.06 bits per heavy atom. The zero-order chi connectivity index (χ0) is 13.1. The zero-order valence-corrected chi connectivity index (χ0v) is 10.5. The topological polar surface area (TPSA) is 70.4 Å². The molecule has 0 aliphatic rings. The SMILES string of the molecule is CC(C)(C)CC[C@H](O)c1cccc(C(=O)O)n1. The number of aromatic carboxylic acids is 1. The van der Waals surface area contributed by atoms with Crippen LogP contribution in [0.15, 0.2) is 18.2 Å². The first-order valence-corrected chi connectivity index (χ1v) is 5.68. The Labute approximate surface area is 101 Å². The summed E-state index contributed by atoms with van der Waals surface area (Å²) in [6.45, 7) is 6.29. The number of aliphatic hydroxyl groups is 1. The second kappa shape index (κ2) is 5.27. The Morgan fingerprint density at radius 1 is 1.41 bits per heavy atom. The van der Waals surface area contributed by atoms with Crippen molar-refractivity contribution in [2.45, 2.75) is 39.7 Å². The van der Waals surface area contributed by atoms with Gasteiger partial charge in [0.2, 0.25) is 0 Å². The van der Waals surface area contributed by atoms with Crippen LogP contribution in [0.25, 0.3) is 0 Å². The molecule has 0 fully saturated rings. The molecule has 0 unspecified atom stereocenters. The molecule has 1 aromatic rings. The molecule has 0 saturated heterocycles. The van der Waals surface area contributed by atoms with Gasteiger partial charge in [-0.3, -0.25) is 0 Å². The lowest BCUT2D eigenvalue weighted by molar-refractivity contribution is 0.0688. The number of aromatic nitrogens is 1. The molecule has 1 rings (SSSR count). The van der Waals surface area contributed by atoms with Gasteiger partial charge in [0.15, 0.2) is 0 Å². The Kier molecular flexibility index (Phi) is 4.23. The van der Waals surface area contributed by atoms with E-state index in [-0.39, 0.29) is 11.1 Å². The molecule has 1 aromatic heterocycles. The van der Waals surface area contributed by atoms with Crippen LogP contribution in [0.3, 0.4) is 0 Å². The fourth-order valence-electron chi connectivity index (χ4n) is 1.47. The summed E-state index contributed by atoms with van der Waals surface area (Å²) in [5.74, 6) is -1.07. The summed E-state index contributed by atoms with van der Waals surface area (Å²) < 4.78 is 0. The van der Waals surface area contributed by atoms with Crippen molar-refractivity contribution in [3.8, 4) is 0 Å². The van der Waals surface area contributed by atoms with Crippen molar-refractivity contribution in [3.05, 3.63) is 29.6 Å². The normalized spacial score (nSPS) is 13.4. The maximum absolute atomic E-state index is 10.7. The van der Waals surface area contributed by atoms with Gasteiger partial charge < -0.3 is 10.2 Å². The predicted molar refractivity (Wildman–Crippen MR) is 64.8 cm³/mol. The van der Waals surface area contributed by atoms with Gasteiger partial charge in [-0.05, 0) is 30.4 Å². The number of pyridine rings is 1. The van der Waals surface area contributed by atoms with E-state index in [1.165, 1.54) is 6.07 Å². The Bertz CT molecular complexity index is 396. The number of rotatable bonds is 4. The highest BCUT2D eigenvalue weighted by Crippen LogP contribution is 2.26. The van der Waals surface area contributed by atoms with E-state index >= 15 is 0 Å². The first kappa shape index (κ1) is 13.6. The Morgan fingerprint density at radius 3 is 2.59 bits per heavy atom. The number of carboxylic acids is 1. The molecule has 4 nitrogen and oxygen atoms in total. The average Bonchev–Trinajstić information content (AvgIpc) is 2.25. The lowest BCUT2D eigenvalue weighted by Crippen LogP contribution is -2.10. The van der Waals surface area contributed by atoms with Crippen molar-refractivity contribution in [1.29, 1.82) is 0 Å². The third kappa shape index (κ3) is 4.53. The van der Waals surface area contributed by atoms with Crippen LogP contribution >= 0.6 is 0 Å². The van der Waals surface area contributed by atoms with Gasteiger partial charge in [-0.2, -0.15) is 0 Å². The fraction of sp³-hybridized carbons (Fsp3) is 0.538. The van der Waals surface area contributed by atoms with Gasteiger partial charge in [-0.15, -0.1) is 0 Å². The molecule has 0 bridgehead atoms. The van der Waals surface area contributed by atoms with Crippen LogP contribution in [-0.2, 0) is 0 Å². The van der Waals surface area contributed by atoms with Gasteiger partial charge in [0, 0.05) is 0 Å². The number of aliphatic hydroxyl groups excluding tert-OH is 1. The smallest absolute Gasteiger partial charge is 0.354 e. The number of hydrogen-bond acceptors (Lipinski definition) is 3. The molecular weight excluding hydrogens is 218 g/mol. The maximum atomic E-state index is 10.7. The van der Waals surface area contributed by atoms with Crippen molar-refractivity contribution < 1.29 is 15.0 Å². The van der Waals surface area contributed by atoms with Crippen LogP contribution in [-0.4, -0.2) is 21.2 Å². The minimum atomic E-state index is -1.07. The molecule has 0 amide bonds. The summed E-state index contributed by atoms with van der Waals surface area (Å²) >= 11 is 0. The average molecular weight is 237 g/mol. The largest absolute Gasteiger partial charge is 0.477 e. The van der Waals surface area contributed by atoms with E-state index in [0.717, 1.165) is 6.42 Å². The minimum Gasteiger partial charge on any atom is -0.477 e. The molecule has 4 heteroatoms. The summed E-state index contributed by atoms with van der Waals surface area (Å²) in [6, 6.07) is 4.67. The molecule has 0 spiro atoms. The van der Waals surface area contributed by atoms with Crippen LogP contribution in [0.1, 0.15) is 55.9 Å². The van der Waals surface area contributed by atoms with Crippen molar-refractivity contribution in [1.82, 2.24) is 4.98 Å². The molecule has 0 saturated carbocycles. The van der Waals surface area contributed by atoms with Crippen molar-refractivity contribution >= 4 is 5.97 Å². The number of carbonyl (C=O) groups is 1. The molecule has 94 valence electrons. The molecular formula is C13H19NO3. The van der Waals surface area contributed by atoms with E-state index in [9.17, 15) is 9.90 Å². The highest BCUT2D eigenvalue weighted by Gasteiger charge is 2.16. The summed E-state index contributed by atoms with van der Waals surface area (Å²) in [5, 5.41) is 18.7. The third-order valence-electron chi connectivity index (χ3n) is 2.50. The predicted octanol–water partition coefficient (Wildman–Crippen LogP) is 2.64. The number of hydrogen-bond donors (Lipinski definition) is 2.